The van der Waals surface area contributed by atoms with Gasteiger partial charge in [0.15, 0.2) is 0 Å². The average molecular weight is 268 g/mol. The van der Waals surface area contributed by atoms with Gasteiger partial charge in [0, 0.05) is 23.0 Å². The maximum Gasteiger partial charge on any atom is 0.254 e. The summed E-state index contributed by atoms with van der Waals surface area (Å²) in [4.78, 5) is 20.8. The van der Waals surface area contributed by atoms with Gasteiger partial charge < -0.3 is 5.32 Å². The molecule has 0 bridgehead atoms. The van der Waals surface area contributed by atoms with Gasteiger partial charge in [0.25, 0.3) is 5.91 Å². The van der Waals surface area contributed by atoms with Crippen molar-refractivity contribution in [2.75, 3.05) is 0 Å². The van der Waals surface area contributed by atoms with Crippen molar-refractivity contribution in [3.8, 4) is 0 Å². The lowest BCUT2D eigenvalue weighted by molar-refractivity contribution is 0.0951. The van der Waals surface area contributed by atoms with E-state index >= 15 is 0 Å². The van der Waals surface area contributed by atoms with Gasteiger partial charge in [-0.05, 0) is 13.0 Å². The Balaban J connectivity index is 2.04. The highest BCUT2D eigenvalue weighted by Crippen LogP contribution is 2.15. The average Bonchev–Trinajstić information content (AvgIpc) is 2.78. The highest BCUT2D eigenvalue weighted by atomic mass is 35.5. The Hall–Kier alpha value is -1.46. The molecular weight excluding hydrogens is 258 g/mol. The molecule has 0 aliphatic carbocycles. The van der Waals surface area contributed by atoms with Crippen LogP contribution in [0.2, 0.25) is 5.02 Å². The molecule has 0 aromatic carbocycles. The molecule has 0 aliphatic rings. The number of amides is 1. The minimum Gasteiger partial charge on any atom is -0.347 e. The van der Waals surface area contributed by atoms with Crippen LogP contribution < -0.4 is 5.32 Å². The zero-order valence-electron chi connectivity index (χ0n) is 9.11. The highest BCUT2D eigenvalue weighted by molar-refractivity contribution is 7.09. The molecule has 0 atom stereocenters. The van der Waals surface area contributed by atoms with Crippen molar-refractivity contribution in [2.45, 2.75) is 13.5 Å². The third-order valence-electron chi connectivity index (χ3n) is 2.14. The van der Waals surface area contributed by atoms with Crippen LogP contribution in [0.1, 0.15) is 20.9 Å². The zero-order chi connectivity index (χ0) is 12.3. The summed E-state index contributed by atoms with van der Waals surface area (Å²) in [6.45, 7) is 2.28. The largest absolute Gasteiger partial charge is 0.347 e. The van der Waals surface area contributed by atoms with Crippen LogP contribution >= 0.6 is 22.9 Å². The van der Waals surface area contributed by atoms with Gasteiger partial charge in [-0.2, -0.15) is 0 Å². The molecule has 0 aliphatic heterocycles. The number of nitrogens with one attached hydrogen (secondary N) is 1. The number of thiazole rings is 1. The van der Waals surface area contributed by atoms with Crippen LogP contribution in [-0.2, 0) is 6.54 Å². The predicted molar refractivity (Wildman–Crippen MR) is 67.3 cm³/mol. The molecule has 4 nitrogen and oxygen atoms in total. The smallest absolute Gasteiger partial charge is 0.254 e. The van der Waals surface area contributed by atoms with E-state index in [-0.39, 0.29) is 5.91 Å². The lowest BCUT2D eigenvalue weighted by Crippen LogP contribution is -2.22. The van der Waals surface area contributed by atoms with Crippen LogP contribution in [-0.4, -0.2) is 15.9 Å². The Morgan fingerprint density at radius 3 is 3.00 bits per heavy atom. The van der Waals surface area contributed by atoms with E-state index in [1.165, 1.54) is 17.5 Å². The Bertz CT molecular complexity index is 528. The van der Waals surface area contributed by atoms with Gasteiger partial charge in [-0.3, -0.25) is 14.8 Å². The molecule has 2 aromatic heterocycles. The number of carbonyl (C=O) groups is 1. The lowest BCUT2D eigenvalue weighted by Gasteiger charge is -2.05. The Labute approximate surface area is 108 Å². The topological polar surface area (TPSA) is 54.9 Å². The van der Waals surface area contributed by atoms with Crippen molar-refractivity contribution in [1.82, 2.24) is 15.3 Å². The summed E-state index contributed by atoms with van der Waals surface area (Å²) in [5.74, 6) is -0.226. The molecule has 0 saturated carbocycles. The molecule has 0 saturated heterocycles. The Kier molecular flexibility index (Phi) is 3.71. The first-order valence-corrected chi connectivity index (χ1v) is 6.20. The first-order chi connectivity index (χ1) is 8.16. The van der Waals surface area contributed by atoms with Gasteiger partial charge in [-0.15, -0.1) is 11.3 Å². The van der Waals surface area contributed by atoms with E-state index in [9.17, 15) is 4.79 Å². The number of hydrogen-bond donors (Lipinski definition) is 1. The maximum atomic E-state index is 11.8. The van der Waals surface area contributed by atoms with Gasteiger partial charge in [0.2, 0.25) is 0 Å². The second-order valence-electron chi connectivity index (χ2n) is 3.46. The van der Waals surface area contributed by atoms with Crippen LogP contribution in [0.3, 0.4) is 0 Å². The van der Waals surface area contributed by atoms with E-state index in [1.807, 2.05) is 6.92 Å². The van der Waals surface area contributed by atoms with Crippen molar-refractivity contribution in [1.29, 1.82) is 0 Å². The normalized spacial score (nSPS) is 10.2. The fraction of sp³-hybridized carbons (Fsp3) is 0.182. The van der Waals surface area contributed by atoms with Crippen LogP contribution in [0, 0.1) is 6.92 Å². The maximum absolute atomic E-state index is 11.8. The lowest BCUT2D eigenvalue weighted by atomic mass is 10.2. The zero-order valence-corrected chi connectivity index (χ0v) is 10.7. The summed E-state index contributed by atoms with van der Waals surface area (Å²) < 4.78 is 0. The van der Waals surface area contributed by atoms with Gasteiger partial charge in [0.1, 0.15) is 0 Å². The first-order valence-electron chi connectivity index (χ1n) is 4.94. The number of rotatable bonds is 3. The molecular formula is C11H10ClN3OS. The number of aromatic nitrogens is 2. The van der Waals surface area contributed by atoms with E-state index in [2.05, 4.69) is 15.3 Å². The molecule has 17 heavy (non-hydrogen) atoms. The van der Waals surface area contributed by atoms with Crippen molar-refractivity contribution in [3.05, 3.63) is 45.1 Å². The standard InChI is InChI=1S/C11H10ClN3OS/c1-7-2-10(12)9(5-14-7)11(16)15-4-8-3-13-6-17-8/h2-3,5-6H,4H2,1H3,(H,15,16). The summed E-state index contributed by atoms with van der Waals surface area (Å²) in [6.07, 6.45) is 3.21. The number of carbonyl (C=O) groups excluding carboxylic acids is 1. The van der Waals surface area contributed by atoms with Crippen LogP contribution in [0.5, 0.6) is 0 Å². The Morgan fingerprint density at radius 2 is 2.35 bits per heavy atom. The molecule has 0 unspecified atom stereocenters. The molecule has 0 spiro atoms. The number of nitrogens with zero attached hydrogens (tertiary/aromatic N) is 2. The number of hydrogen-bond acceptors (Lipinski definition) is 4. The van der Waals surface area contributed by atoms with Crippen molar-refractivity contribution < 1.29 is 4.79 Å². The SMILES string of the molecule is Cc1cc(Cl)c(C(=O)NCc2cncs2)cn1. The van der Waals surface area contributed by atoms with Crippen LogP contribution in [0.15, 0.2) is 24.0 Å². The number of halogens is 1. The van der Waals surface area contributed by atoms with Crippen molar-refractivity contribution >= 4 is 28.8 Å². The van der Waals surface area contributed by atoms with Crippen LogP contribution in [0.4, 0.5) is 0 Å². The van der Waals surface area contributed by atoms with Crippen LogP contribution in [0.25, 0.3) is 0 Å². The van der Waals surface area contributed by atoms with E-state index in [4.69, 9.17) is 11.6 Å². The molecule has 0 radical (unpaired) electrons. The quantitative estimate of drug-likeness (QED) is 0.929. The summed E-state index contributed by atoms with van der Waals surface area (Å²) in [5, 5.41) is 3.18. The summed E-state index contributed by atoms with van der Waals surface area (Å²) in [6, 6.07) is 1.67. The molecule has 1 amide bonds. The van der Waals surface area contributed by atoms with Crippen molar-refractivity contribution in [3.63, 3.8) is 0 Å². The third kappa shape index (κ3) is 3.01. The predicted octanol–water partition coefficient (Wildman–Crippen LogP) is 2.43. The fourth-order valence-corrected chi connectivity index (χ4v) is 2.11. The number of aryl methyl sites for hydroxylation is 1. The molecule has 88 valence electrons. The minimum absolute atomic E-state index is 0.226. The Morgan fingerprint density at radius 1 is 1.53 bits per heavy atom. The molecule has 0 fully saturated rings. The fourth-order valence-electron chi connectivity index (χ4n) is 1.29. The molecule has 1 N–H and O–H groups in total. The monoisotopic (exact) mass is 267 g/mol. The molecule has 2 heterocycles. The minimum atomic E-state index is -0.226. The molecule has 6 heteroatoms. The second kappa shape index (κ2) is 5.25. The van der Waals surface area contributed by atoms with Gasteiger partial charge >= 0.3 is 0 Å². The summed E-state index contributed by atoms with van der Waals surface area (Å²) in [7, 11) is 0. The van der Waals surface area contributed by atoms with E-state index in [1.54, 1.807) is 17.8 Å². The molecule has 2 aromatic rings. The van der Waals surface area contributed by atoms with Crippen molar-refractivity contribution in [2.24, 2.45) is 0 Å². The van der Waals surface area contributed by atoms with Gasteiger partial charge in [0.05, 0.1) is 22.6 Å². The summed E-state index contributed by atoms with van der Waals surface area (Å²) in [5.41, 5.74) is 2.90. The second-order valence-corrected chi connectivity index (χ2v) is 4.83. The van der Waals surface area contributed by atoms with Gasteiger partial charge in [-0.1, -0.05) is 11.6 Å². The van der Waals surface area contributed by atoms with E-state index in [0.717, 1.165) is 10.6 Å². The first kappa shape index (κ1) is 12.0. The molecule has 2 rings (SSSR count). The third-order valence-corrected chi connectivity index (χ3v) is 3.23. The van der Waals surface area contributed by atoms with Gasteiger partial charge in [-0.25, -0.2) is 0 Å². The highest BCUT2D eigenvalue weighted by Gasteiger charge is 2.10. The number of pyridine rings is 1. The van der Waals surface area contributed by atoms with E-state index < -0.39 is 0 Å². The summed E-state index contributed by atoms with van der Waals surface area (Å²) >= 11 is 7.47. The van der Waals surface area contributed by atoms with E-state index in [0.29, 0.717) is 17.1 Å².